The third-order valence-electron chi connectivity index (χ3n) is 3.31. The van der Waals surface area contributed by atoms with Gasteiger partial charge >= 0.3 is 0 Å². The first-order valence-electron chi connectivity index (χ1n) is 5.85. The Balaban J connectivity index is 2.03. The molecule has 0 aliphatic carbocycles. The zero-order valence-electron chi connectivity index (χ0n) is 9.52. The second-order valence-corrected chi connectivity index (χ2v) is 4.49. The lowest BCUT2D eigenvalue weighted by Gasteiger charge is -2.23. The SMILES string of the molecule is Cc1ccc2c(c1)ncn2C1CCOCC1. The second kappa shape index (κ2) is 3.91. The molecule has 0 unspecified atom stereocenters. The van der Waals surface area contributed by atoms with E-state index in [2.05, 4.69) is 34.7 Å². The number of aromatic nitrogens is 2. The van der Waals surface area contributed by atoms with E-state index in [0.29, 0.717) is 6.04 Å². The lowest BCUT2D eigenvalue weighted by atomic mass is 10.1. The summed E-state index contributed by atoms with van der Waals surface area (Å²) >= 11 is 0. The van der Waals surface area contributed by atoms with Gasteiger partial charge in [-0.05, 0) is 37.5 Å². The highest BCUT2D eigenvalue weighted by atomic mass is 16.5. The van der Waals surface area contributed by atoms with E-state index in [0.717, 1.165) is 31.6 Å². The summed E-state index contributed by atoms with van der Waals surface area (Å²) in [6, 6.07) is 7.03. The molecule has 0 spiro atoms. The quantitative estimate of drug-likeness (QED) is 0.732. The maximum atomic E-state index is 5.40. The fourth-order valence-corrected chi connectivity index (χ4v) is 2.40. The van der Waals surface area contributed by atoms with Crippen LogP contribution in [0.5, 0.6) is 0 Å². The van der Waals surface area contributed by atoms with Gasteiger partial charge in [0.25, 0.3) is 0 Å². The molecule has 84 valence electrons. The average Bonchev–Trinajstić information content (AvgIpc) is 2.73. The number of benzene rings is 1. The molecule has 0 atom stereocenters. The largest absolute Gasteiger partial charge is 0.381 e. The number of hydrogen-bond acceptors (Lipinski definition) is 2. The molecular formula is C13H16N2O. The van der Waals surface area contributed by atoms with Gasteiger partial charge < -0.3 is 9.30 Å². The lowest BCUT2D eigenvalue weighted by molar-refractivity contribution is 0.0706. The predicted molar refractivity (Wildman–Crippen MR) is 63.6 cm³/mol. The van der Waals surface area contributed by atoms with Crippen LogP contribution < -0.4 is 0 Å². The molecule has 2 aromatic rings. The number of nitrogens with zero attached hydrogens (tertiary/aromatic N) is 2. The highest BCUT2D eigenvalue weighted by molar-refractivity contribution is 5.76. The normalized spacial score (nSPS) is 18.1. The Bertz CT molecular complexity index is 498. The highest BCUT2D eigenvalue weighted by Gasteiger charge is 2.17. The molecule has 0 radical (unpaired) electrons. The van der Waals surface area contributed by atoms with Gasteiger partial charge in [-0.2, -0.15) is 0 Å². The van der Waals surface area contributed by atoms with E-state index in [1.165, 1.54) is 11.1 Å². The number of fused-ring (bicyclic) bond motifs is 1. The van der Waals surface area contributed by atoms with Gasteiger partial charge in [-0.1, -0.05) is 6.07 Å². The van der Waals surface area contributed by atoms with Crippen LogP contribution in [0.25, 0.3) is 11.0 Å². The molecule has 0 amide bonds. The van der Waals surface area contributed by atoms with E-state index in [1.807, 2.05) is 6.33 Å². The third-order valence-corrected chi connectivity index (χ3v) is 3.31. The Morgan fingerprint density at radius 2 is 2.12 bits per heavy atom. The number of imidazole rings is 1. The molecular weight excluding hydrogens is 200 g/mol. The van der Waals surface area contributed by atoms with Crippen molar-refractivity contribution in [2.24, 2.45) is 0 Å². The van der Waals surface area contributed by atoms with E-state index in [1.54, 1.807) is 0 Å². The molecule has 1 aromatic carbocycles. The zero-order chi connectivity index (χ0) is 11.0. The Labute approximate surface area is 95.0 Å². The topological polar surface area (TPSA) is 27.1 Å². The van der Waals surface area contributed by atoms with Crippen LogP contribution in [0.4, 0.5) is 0 Å². The number of rotatable bonds is 1. The molecule has 1 aliphatic rings. The van der Waals surface area contributed by atoms with Crippen molar-refractivity contribution in [3.8, 4) is 0 Å². The Kier molecular flexibility index (Phi) is 2.40. The lowest BCUT2D eigenvalue weighted by Crippen LogP contribution is -2.18. The number of aryl methyl sites for hydroxylation is 1. The molecule has 1 aliphatic heterocycles. The minimum absolute atomic E-state index is 0.557. The average molecular weight is 216 g/mol. The summed E-state index contributed by atoms with van der Waals surface area (Å²) in [6.07, 6.45) is 4.17. The molecule has 1 saturated heterocycles. The zero-order valence-corrected chi connectivity index (χ0v) is 9.52. The molecule has 1 aromatic heterocycles. The Morgan fingerprint density at radius 1 is 1.31 bits per heavy atom. The maximum absolute atomic E-state index is 5.40. The van der Waals surface area contributed by atoms with Crippen molar-refractivity contribution < 1.29 is 4.74 Å². The van der Waals surface area contributed by atoms with Gasteiger partial charge in [0.2, 0.25) is 0 Å². The maximum Gasteiger partial charge on any atom is 0.0960 e. The first kappa shape index (κ1) is 9.85. The van der Waals surface area contributed by atoms with Crippen LogP contribution in [0.1, 0.15) is 24.4 Å². The van der Waals surface area contributed by atoms with Crippen molar-refractivity contribution in [3.05, 3.63) is 30.1 Å². The van der Waals surface area contributed by atoms with Crippen molar-refractivity contribution in [3.63, 3.8) is 0 Å². The van der Waals surface area contributed by atoms with Gasteiger partial charge in [-0.15, -0.1) is 0 Å². The monoisotopic (exact) mass is 216 g/mol. The van der Waals surface area contributed by atoms with Crippen LogP contribution in [-0.2, 0) is 4.74 Å². The first-order chi connectivity index (χ1) is 7.84. The second-order valence-electron chi connectivity index (χ2n) is 4.49. The Morgan fingerprint density at radius 3 is 2.94 bits per heavy atom. The molecule has 0 N–H and O–H groups in total. The third kappa shape index (κ3) is 1.61. The molecule has 3 rings (SSSR count). The highest BCUT2D eigenvalue weighted by Crippen LogP contribution is 2.25. The van der Waals surface area contributed by atoms with Crippen LogP contribution in [0.15, 0.2) is 24.5 Å². The standard InChI is InChI=1S/C13H16N2O/c1-10-2-3-13-12(8-10)14-9-15(13)11-4-6-16-7-5-11/h2-3,8-9,11H,4-7H2,1H3. The van der Waals surface area contributed by atoms with E-state index in [-0.39, 0.29) is 0 Å². The van der Waals surface area contributed by atoms with Crippen molar-refractivity contribution in [1.82, 2.24) is 9.55 Å². The van der Waals surface area contributed by atoms with Crippen molar-refractivity contribution in [2.75, 3.05) is 13.2 Å². The summed E-state index contributed by atoms with van der Waals surface area (Å²) in [4.78, 5) is 4.48. The fraction of sp³-hybridized carbons (Fsp3) is 0.462. The van der Waals surface area contributed by atoms with Gasteiger partial charge in [0.1, 0.15) is 0 Å². The molecule has 3 heteroatoms. The van der Waals surface area contributed by atoms with Gasteiger partial charge in [0.15, 0.2) is 0 Å². The minimum atomic E-state index is 0.557. The number of hydrogen-bond donors (Lipinski definition) is 0. The van der Waals surface area contributed by atoms with Crippen molar-refractivity contribution >= 4 is 11.0 Å². The van der Waals surface area contributed by atoms with Crippen LogP contribution in [0.3, 0.4) is 0 Å². The summed E-state index contributed by atoms with van der Waals surface area (Å²) in [7, 11) is 0. The van der Waals surface area contributed by atoms with E-state index in [4.69, 9.17) is 4.74 Å². The van der Waals surface area contributed by atoms with Crippen molar-refractivity contribution in [2.45, 2.75) is 25.8 Å². The summed E-state index contributed by atoms with van der Waals surface area (Å²) in [5, 5.41) is 0. The minimum Gasteiger partial charge on any atom is -0.381 e. The van der Waals surface area contributed by atoms with Crippen LogP contribution in [-0.4, -0.2) is 22.8 Å². The molecule has 2 heterocycles. The summed E-state index contributed by atoms with van der Waals surface area (Å²) in [6.45, 7) is 3.85. The van der Waals surface area contributed by atoms with Crippen LogP contribution in [0, 0.1) is 6.92 Å². The van der Waals surface area contributed by atoms with Gasteiger partial charge in [-0.25, -0.2) is 4.98 Å². The summed E-state index contributed by atoms with van der Waals surface area (Å²) in [5.74, 6) is 0. The smallest absolute Gasteiger partial charge is 0.0960 e. The Hall–Kier alpha value is -1.35. The van der Waals surface area contributed by atoms with E-state index in [9.17, 15) is 0 Å². The predicted octanol–water partition coefficient (Wildman–Crippen LogP) is 2.70. The van der Waals surface area contributed by atoms with Crippen molar-refractivity contribution in [1.29, 1.82) is 0 Å². The summed E-state index contributed by atoms with van der Waals surface area (Å²) < 4.78 is 7.70. The van der Waals surface area contributed by atoms with Gasteiger partial charge in [-0.3, -0.25) is 0 Å². The molecule has 0 bridgehead atoms. The molecule has 1 fully saturated rings. The first-order valence-corrected chi connectivity index (χ1v) is 5.85. The van der Waals surface area contributed by atoms with E-state index < -0.39 is 0 Å². The van der Waals surface area contributed by atoms with Gasteiger partial charge in [0, 0.05) is 19.3 Å². The molecule has 16 heavy (non-hydrogen) atoms. The number of ether oxygens (including phenoxy) is 1. The van der Waals surface area contributed by atoms with Crippen LogP contribution in [0.2, 0.25) is 0 Å². The van der Waals surface area contributed by atoms with E-state index >= 15 is 0 Å². The summed E-state index contributed by atoms with van der Waals surface area (Å²) in [5.41, 5.74) is 3.62. The molecule has 0 saturated carbocycles. The fourth-order valence-electron chi connectivity index (χ4n) is 2.40. The molecule has 3 nitrogen and oxygen atoms in total. The van der Waals surface area contributed by atoms with Gasteiger partial charge in [0.05, 0.1) is 17.4 Å². The van der Waals surface area contributed by atoms with Crippen LogP contribution >= 0.6 is 0 Å².